The number of rotatable bonds is 6. The molecule has 14 heavy (non-hydrogen) atoms. The fourth-order valence-corrected chi connectivity index (χ4v) is 1.25. The number of hydrogen-bond donors (Lipinski definition) is 1. The largest absolute Gasteiger partial charge is 0.478 e. The summed E-state index contributed by atoms with van der Waals surface area (Å²) in [4.78, 5) is 10.6. The van der Waals surface area contributed by atoms with Crippen molar-refractivity contribution in [2.75, 3.05) is 13.7 Å². The third-order valence-electron chi connectivity index (χ3n) is 2.01. The molecule has 0 aliphatic heterocycles. The van der Waals surface area contributed by atoms with Crippen LogP contribution in [-0.4, -0.2) is 29.4 Å². The number of nitrogens with zero attached hydrogens (tertiary/aromatic N) is 1. The second-order valence-electron chi connectivity index (χ2n) is 3.14. The summed E-state index contributed by atoms with van der Waals surface area (Å²) in [7, 11) is 1.68. The molecule has 0 saturated carbocycles. The summed E-state index contributed by atoms with van der Waals surface area (Å²) < 4.78 is 6.81. The monoisotopic (exact) mass is 197 g/mol. The number of carboxylic acids is 1. The standard InChI is InChI=1S/C10H15NO3/c1-14-7-3-2-5-11-6-4-9(8-11)10(12)13/h4,6,8H,2-3,5,7H2,1H3,(H,12,13). The summed E-state index contributed by atoms with van der Waals surface area (Å²) in [5.41, 5.74) is 0.344. The van der Waals surface area contributed by atoms with Crippen molar-refractivity contribution < 1.29 is 14.6 Å². The lowest BCUT2D eigenvalue weighted by molar-refractivity contribution is 0.0697. The van der Waals surface area contributed by atoms with Crippen LogP contribution in [0.5, 0.6) is 0 Å². The van der Waals surface area contributed by atoms with Crippen LogP contribution < -0.4 is 0 Å². The number of hydrogen-bond acceptors (Lipinski definition) is 2. The summed E-state index contributed by atoms with van der Waals surface area (Å²) >= 11 is 0. The first kappa shape index (κ1) is 10.8. The van der Waals surface area contributed by atoms with Crippen LogP contribution in [0.1, 0.15) is 23.2 Å². The zero-order valence-corrected chi connectivity index (χ0v) is 8.27. The van der Waals surface area contributed by atoms with Gasteiger partial charge in [0.25, 0.3) is 0 Å². The lowest BCUT2D eigenvalue weighted by Gasteiger charge is -2.01. The minimum atomic E-state index is -0.874. The first-order chi connectivity index (χ1) is 6.74. The van der Waals surface area contributed by atoms with Gasteiger partial charge in [-0.1, -0.05) is 0 Å². The molecule has 0 aromatic carbocycles. The van der Waals surface area contributed by atoms with Gasteiger partial charge in [0, 0.05) is 32.7 Å². The Balaban J connectivity index is 2.33. The fourth-order valence-electron chi connectivity index (χ4n) is 1.25. The molecular weight excluding hydrogens is 182 g/mol. The van der Waals surface area contributed by atoms with Crippen molar-refractivity contribution in [1.82, 2.24) is 4.57 Å². The number of unbranched alkanes of at least 4 members (excludes halogenated alkanes) is 1. The highest BCUT2D eigenvalue weighted by atomic mass is 16.5. The van der Waals surface area contributed by atoms with Crippen molar-refractivity contribution in [2.24, 2.45) is 0 Å². The van der Waals surface area contributed by atoms with E-state index in [4.69, 9.17) is 9.84 Å². The Labute approximate surface area is 83.1 Å². The zero-order chi connectivity index (χ0) is 10.4. The van der Waals surface area contributed by atoms with E-state index in [0.717, 1.165) is 26.0 Å². The number of methoxy groups -OCH3 is 1. The van der Waals surface area contributed by atoms with Gasteiger partial charge < -0.3 is 14.4 Å². The van der Waals surface area contributed by atoms with E-state index in [0.29, 0.717) is 5.56 Å². The zero-order valence-electron chi connectivity index (χ0n) is 8.27. The number of carbonyl (C=O) groups is 1. The quantitative estimate of drug-likeness (QED) is 0.705. The third kappa shape index (κ3) is 3.22. The second-order valence-corrected chi connectivity index (χ2v) is 3.14. The van der Waals surface area contributed by atoms with E-state index in [1.165, 1.54) is 0 Å². The SMILES string of the molecule is COCCCCn1ccc(C(=O)O)c1. The van der Waals surface area contributed by atoms with Crippen molar-refractivity contribution in [2.45, 2.75) is 19.4 Å². The summed E-state index contributed by atoms with van der Waals surface area (Å²) in [5.74, 6) is -0.874. The molecule has 78 valence electrons. The molecule has 0 aliphatic carbocycles. The van der Waals surface area contributed by atoms with E-state index >= 15 is 0 Å². The molecule has 0 unspecified atom stereocenters. The van der Waals surface area contributed by atoms with Crippen LogP contribution in [0.15, 0.2) is 18.5 Å². The Bertz CT molecular complexity index is 293. The molecule has 0 spiro atoms. The fraction of sp³-hybridized carbons (Fsp3) is 0.500. The van der Waals surface area contributed by atoms with Crippen LogP contribution in [0.25, 0.3) is 0 Å². The first-order valence-electron chi connectivity index (χ1n) is 4.62. The van der Waals surface area contributed by atoms with Gasteiger partial charge in [0.2, 0.25) is 0 Å². The minimum Gasteiger partial charge on any atom is -0.478 e. The molecule has 0 saturated heterocycles. The van der Waals surface area contributed by atoms with Gasteiger partial charge in [0.05, 0.1) is 5.56 Å². The molecule has 4 nitrogen and oxygen atoms in total. The Morgan fingerprint density at radius 3 is 2.93 bits per heavy atom. The van der Waals surface area contributed by atoms with Crippen molar-refractivity contribution in [3.63, 3.8) is 0 Å². The van der Waals surface area contributed by atoms with E-state index in [1.807, 2.05) is 4.57 Å². The average molecular weight is 197 g/mol. The lowest BCUT2D eigenvalue weighted by atomic mass is 10.3. The van der Waals surface area contributed by atoms with Crippen LogP contribution in [0.3, 0.4) is 0 Å². The van der Waals surface area contributed by atoms with Gasteiger partial charge in [-0.2, -0.15) is 0 Å². The smallest absolute Gasteiger partial charge is 0.337 e. The van der Waals surface area contributed by atoms with Crippen LogP contribution >= 0.6 is 0 Å². The summed E-state index contributed by atoms with van der Waals surface area (Å²) in [5, 5.41) is 8.67. The lowest BCUT2D eigenvalue weighted by Crippen LogP contribution is -1.98. The Morgan fingerprint density at radius 2 is 2.36 bits per heavy atom. The maximum atomic E-state index is 10.6. The first-order valence-corrected chi connectivity index (χ1v) is 4.62. The van der Waals surface area contributed by atoms with Gasteiger partial charge in [-0.25, -0.2) is 4.79 Å². The second kappa shape index (κ2) is 5.44. The molecule has 1 rings (SSSR count). The predicted molar refractivity (Wildman–Crippen MR) is 52.5 cm³/mol. The number of ether oxygens (including phenoxy) is 1. The van der Waals surface area contributed by atoms with Crippen LogP contribution in [0.4, 0.5) is 0 Å². The number of aryl methyl sites for hydroxylation is 1. The van der Waals surface area contributed by atoms with Crippen LogP contribution in [0, 0.1) is 0 Å². The van der Waals surface area contributed by atoms with Crippen molar-refractivity contribution in [1.29, 1.82) is 0 Å². The Kier molecular flexibility index (Phi) is 4.19. The van der Waals surface area contributed by atoms with Gasteiger partial charge >= 0.3 is 5.97 Å². The minimum absolute atomic E-state index is 0.344. The highest BCUT2D eigenvalue weighted by Gasteiger charge is 2.03. The van der Waals surface area contributed by atoms with Crippen molar-refractivity contribution >= 4 is 5.97 Å². The molecule has 1 aromatic rings. The molecular formula is C10H15NO3. The molecule has 4 heteroatoms. The van der Waals surface area contributed by atoms with E-state index in [2.05, 4.69) is 0 Å². The molecule has 1 heterocycles. The maximum absolute atomic E-state index is 10.6. The molecule has 0 aliphatic rings. The van der Waals surface area contributed by atoms with E-state index < -0.39 is 5.97 Å². The number of aromatic carboxylic acids is 1. The maximum Gasteiger partial charge on any atom is 0.337 e. The summed E-state index contributed by atoms with van der Waals surface area (Å²) in [6.45, 7) is 1.60. The molecule has 0 atom stereocenters. The third-order valence-corrected chi connectivity index (χ3v) is 2.01. The molecule has 0 fully saturated rings. The van der Waals surface area contributed by atoms with Crippen LogP contribution in [0.2, 0.25) is 0 Å². The number of aromatic nitrogens is 1. The molecule has 1 aromatic heterocycles. The van der Waals surface area contributed by atoms with E-state index in [-0.39, 0.29) is 0 Å². The molecule has 1 N–H and O–H groups in total. The highest BCUT2D eigenvalue weighted by molar-refractivity contribution is 5.87. The predicted octanol–water partition coefficient (Wildman–Crippen LogP) is 1.61. The Hall–Kier alpha value is -1.29. The van der Waals surface area contributed by atoms with Gasteiger partial charge in [-0.15, -0.1) is 0 Å². The topological polar surface area (TPSA) is 51.5 Å². The van der Waals surface area contributed by atoms with Crippen molar-refractivity contribution in [3.05, 3.63) is 24.0 Å². The van der Waals surface area contributed by atoms with Crippen molar-refractivity contribution in [3.8, 4) is 0 Å². The average Bonchev–Trinajstić information content (AvgIpc) is 2.61. The van der Waals surface area contributed by atoms with E-state index in [9.17, 15) is 4.79 Å². The van der Waals surface area contributed by atoms with Gasteiger partial charge in [0.15, 0.2) is 0 Å². The molecule has 0 amide bonds. The highest BCUT2D eigenvalue weighted by Crippen LogP contribution is 2.03. The molecule has 0 radical (unpaired) electrons. The molecule has 0 bridgehead atoms. The Morgan fingerprint density at radius 1 is 1.57 bits per heavy atom. The number of carboxylic acid groups (broad SMARTS) is 1. The normalized spacial score (nSPS) is 10.4. The van der Waals surface area contributed by atoms with Gasteiger partial charge in [-0.05, 0) is 18.9 Å². The van der Waals surface area contributed by atoms with Gasteiger partial charge in [-0.3, -0.25) is 0 Å². The summed E-state index contributed by atoms with van der Waals surface area (Å²) in [6, 6.07) is 1.61. The summed E-state index contributed by atoms with van der Waals surface area (Å²) in [6.07, 6.45) is 5.43. The van der Waals surface area contributed by atoms with Crippen LogP contribution in [-0.2, 0) is 11.3 Å². The van der Waals surface area contributed by atoms with Gasteiger partial charge in [0.1, 0.15) is 0 Å². The van der Waals surface area contributed by atoms with E-state index in [1.54, 1.807) is 25.6 Å².